The predicted molar refractivity (Wildman–Crippen MR) is 70.9 cm³/mol. The van der Waals surface area contributed by atoms with Gasteiger partial charge in [-0.15, -0.1) is 13.2 Å². The SMILES string of the molecule is CSCCC(Cc1ccc(OC(F)(F)F)cc1)NN. The second kappa shape index (κ2) is 7.62. The fourth-order valence-electron chi connectivity index (χ4n) is 1.62. The molecule has 1 aromatic carbocycles. The summed E-state index contributed by atoms with van der Waals surface area (Å²) in [5.74, 6) is 6.21. The molecule has 1 atom stereocenters. The highest BCUT2D eigenvalue weighted by molar-refractivity contribution is 7.98. The van der Waals surface area contributed by atoms with E-state index in [9.17, 15) is 13.2 Å². The van der Waals surface area contributed by atoms with Crippen molar-refractivity contribution >= 4 is 11.8 Å². The molecule has 0 aliphatic rings. The molecule has 0 saturated heterocycles. The number of benzene rings is 1. The number of thioether (sulfide) groups is 1. The summed E-state index contributed by atoms with van der Waals surface area (Å²) >= 11 is 1.72. The standard InChI is InChI=1S/C12H17F3N2OS/c1-19-7-6-10(17-16)8-9-2-4-11(5-3-9)18-12(13,14)15/h2-5,10,17H,6-8,16H2,1H3. The molecule has 3 nitrogen and oxygen atoms in total. The zero-order valence-corrected chi connectivity index (χ0v) is 11.4. The Morgan fingerprint density at radius 1 is 1.32 bits per heavy atom. The first-order valence-corrected chi connectivity index (χ1v) is 7.13. The van der Waals surface area contributed by atoms with Gasteiger partial charge in [0.15, 0.2) is 0 Å². The number of hydrogen-bond donors (Lipinski definition) is 2. The van der Waals surface area contributed by atoms with Gasteiger partial charge in [-0.1, -0.05) is 12.1 Å². The highest BCUT2D eigenvalue weighted by Gasteiger charge is 2.30. The third-order valence-corrected chi connectivity index (χ3v) is 3.19. The number of hydrogen-bond acceptors (Lipinski definition) is 4. The van der Waals surface area contributed by atoms with Crippen LogP contribution in [0.3, 0.4) is 0 Å². The maximum absolute atomic E-state index is 12.0. The second-order valence-electron chi connectivity index (χ2n) is 4.04. The number of nitrogens with two attached hydrogens (primary N) is 1. The number of nitrogens with one attached hydrogen (secondary N) is 1. The van der Waals surface area contributed by atoms with E-state index in [1.165, 1.54) is 12.1 Å². The Bertz CT molecular complexity index is 370. The Kier molecular flexibility index (Phi) is 6.47. The molecule has 7 heteroatoms. The monoisotopic (exact) mass is 294 g/mol. The first kappa shape index (κ1) is 16.1. The molecule has 0 heterocycles. The molecular formula is C12H17F3N2OS. The molecule has 108 valence electrons. The van der Waals surface area contributed by atoms with Crippen molar-refractivity contribution in [2.24, 2.45) is 5.84 Å². The highest BCUT2D eigenvalue weighted by atomic mass is 32.2. The summed E-state index contributed by atoms with van der Waals surface area (Å²) in [6.45, 7) is 0. The molecular weight excluding hydrogens is 277 g/mol. The van der Waals surface area contributed by atoms with E-state index in [-0.39, 0.29) is 11.8 Å². The first-order valence-electron chi connectivity index (χ1n) is 5.74. The van der Waals surface area contributed by atoms with E-state index >= 15 is 0 Å². The third kappa shape index (κ3) is 6.70. The van der Waals surface area contributed by atoms with Crippen LogP contribution in [0.1, 0.15) is 12.0 Å². The molecule has 0 aliphatic carbocycles. The molecule has 0 saturated carbocycles. The van der Waals surface area contributed by atoms with Gasteiger partial charge >= 0.3 is 6.36 Å². The van der Waals surface area contributed by atoms with E-state index in [4.69, 9.17) is 5.84 Å². The average molecular weight is 294 g/mol. The highest BCUT2D eigenvalue weighted by Crippen LogP contribution is 2.23. The number of halogens is 3. The van der Waals surface area contributed by atoms with Crippen LogP contribution in [-0.2, 0) is 6.42 Å². The Hall–Kier alpha value is -0.920. The zero-order chi connectivity index (χ0) is 14.3. The van der Waals surface area contributed by atoms with E-state index in [0.717, 1.165) is 17.7 Å². The summed E-state index contributed by atoms with van der Waals surface area (Å²) in [7, 11) is 0. The molecule has 1 unspecified atom stereocenters. The molecule has 19 heavy (non-hydrogen) atoms. The molecule has 1 rings (SSSR count). The molecule has 0 amide bonds. The topological polar surface area (TPSA) is 47.3 Å². The van der Waals surface area contributed by atoms with Crippen molar-refractivity contribution in [3.05, 3.63) is 29.8 Å². The van der Waals surface area contributed by atoms with Crippen molar-refractivity contribution in [3.63, 3.8) is 0 Å². The van der Waals surface area contributed by atoms with Crippen LogP contribution in [-0.4, -0.2) is 24.4 Å². The largest absolute Gasteiger partial charge is 0.573 e. The smallest absolute Gasteiger partial charge is 0.406 e. The van der Waals surface area contributed by atoms with Crippen molar-refractivity contribution in [2.75, 3.05) is 12.0 Å². The zero-order valence-electron chi connectivity index (χ0n) is 10.5. The number of rotatable bonds is 7. The lowest BCUT2D eigenvalue weighted by Gasteiger charge is -2.15. The van der Waals surface area contributed by atoms with Crippen LogP contribution in [0.25, 0.3) is 0 Å². The van der Waals surface area contributed by atoms with Gasteiger partial charge in [-0.2, -0.15) is 11.8 Å². The summed E-state index contributed by atoms with van der Waals surface area (Å²) in [6.07, 6.45) is -1.07. The first-order chi connectivity index (χ1) is 8.94. The summed E-state index contributed by atoms with van der Waals surface area (Å²) in [5, 5.41) is 0. The summed E-state index contributed by atoms with van der Waals surface area (Å²) in [6, 6.07) is 5.96. The molecule has 0 aliphatic heterocycles. The minimum Gasteiger partial charge on any atom is -0.406 e. The average Bonchev–Trinajstić information content (AvgIpc) is 2.34. The predicted octanol–water partition coefficient (Wildman–Crippen LogP) is 2.71. The van der Waals surface area contributed by atoms with Gasteiger partial charge in [0.25, 0.3) is 0 Å². The fourth-order valence-corrected chi connectivity index (χ4v) is 2.14. The molecule has 3 N–H and O–H groups in total. The van der Waals surface area contributed by atoms with Crippen LogP contribution in [0.5, 0.6) is 5.75 Å². The van der Waals surface area contributed by atoms with E-state index in [1.54, 1.807) is 23.9 Å². The van der Waals surface area contributed by atoms with Gasteiger partial charge in [0.2, 0.25) is 0 Å². The van der Waals surface area contributed by atoms with E-state index in [0.29, 0.717) is 6.42 Å². The van der Waals surface area contributed by atoms with E-state index in [1.807, 2.05) is 6.26 Å². The van der Waals surface area contributed by atoms with Gasteiger partial charge in [-0.25, -0.2) is 0 Å². The van der Waals surface area contributed by atoms with E-state index < -0.39 is 6.36 Å². The van der Waals surface area contributed by atoms with Gasteiger partial charge < -0.3 is 4.74 Å². The maximum atomic E-state index is 12.0. The molecule has 0 aromatic heterocycles. The molecule has 1 aromatic rings. The van der Waals surface area contributed by atoms with Crippen molar-refractivity contribution in [3.8, 4) is 5.75 Å². The lowest BCUT2D eigenvalue weighted by atomic mass is 10.0. The Labute approximate surface area is 114 Å². The van der Waals surface area contributed by atoms with Crippen LogP contribution >= 0.6 is 11.8 Å². The Morgan fingerprint density at radius 3 is 2.42 bits per heavy atom. The van der Waals surface area contributed by atoms with Crippen molar-refractivity contribution < 1.29 is 17.9 Å². The van der Waals surface area contributed by atoms with Crippen molar-refractivity contribution in [1.29, 1.82) is 0 Å². The number of hydrazine groups is 1. The maximum Gasteiger partial charge on any atom is 0.573 e. The van der Waals surface area contributed by atoms with Gasteiger partial charge in [-0.05, 0) is 42.5 Å². The second-order valence-corrected chi connectivity index (χ2v) is 5.03. The van der Waals surface area contributed by atoms with Gasteiger partial charge in [0.05, 0.1) is 0 Å². The normalized spacial score (nSPS) is 13.3. The van der Waals surface area contributed by atoms with Gasteiger partial charge in [0.1, 0.15) is 5.75 Å². The number of alkyl halides is 3. The van der Waals surface area contributed by atoms with E-state index in [2.05, 4.69) is 10.2 Å². The number of ether oxygens (including phenoxy) is 1. The Morgan fingerprint density at radius 2 is 1.95 bits per heavy atom. The quantitative estimate of drug-likeness (QED) is 0.599. The molecule has 0 bridgehead atoms. The summed E-state index contributed by atoms with van der Waals surface area (Å²) in [5.41, 5.74) is 3.63. The molecule has 0 spiro atoms. The molecule has 0 radical (unpaired) electrons. The summed E-state index contributed by atoms with van der Waals surface area (Å²) < 4.78 is 39.8. The summed E-state index contributed by atoms with van der Waals surface area (Å²) in [4.78, 5) is 0. The van der Waals surface area contributed by atoms with Crippen LogP contribution < -0.4 is 16.0 Å². The minimum absolute atomic E-state index is 0.113. The van der Waals surface area contributed by atoms with Gasteiger partial charge in [0, 0.05) is 6.04 Å². The Balaban J connectivity index is 2.55. The third-order valence-electron chi connectivity index (χ3n) is 2.55. The fraction of sp³-hybridized carbons (Fsp3) is 0.500. The van der Waals surface area contributed by atoms with Crippen LogP contribution in [0, 0.1) is 0 Å². The van der Waals surface area contributed by atoms with Crippen LogP contribution in [0.2, 0.25) is 0 Å². The lowest BCUT2D eigenvalue weighted by molar-refractivity contribution is -0.274. The molecule has 0 fully saturated rings. The van der Waals surface area contributed by atoms with Crippen molar-refractivity contribution in [1.82, 2.24) is 5.43 Å². The van der Waals surface area contributed by atoms with Gasteiger partial charge in [-0.3, -0.25) is 11.3 Å². The van der Waals surface area contributed by atoms with Crippen LogP contribution in [0.4, 0.5) is 13.2 Å². The van der Waals surface area contributed by atoms with Crippen molar-refractivity contribution in [2.45, 2.75) is 25.2 Å². The minimum atomic E-state index is -4.65. The lowest BCUT2D eigenvalue weighted by Crippen LogP contribution is -2.37. The van der Waals surface area contributed by atoms with Crippen LogP contribution in [0.15, 0.2) is 24.3 Å².